The van der Waals surface area contributed by atoms with E-state index in [1.807, 2.05) is 0 Å². The topological polar surface area (TPSA) is 307 Å². The molecule has 17 atom stereocenters. The Labute approximate surface area is 468 Å². The second kappa shape index (κ2) is 42.3. The summed E-state index contributed by atoms with van der Waals surface area (Å²) in [4.78, 5) is 13.3. The highest BCUT2D eigenvalue weighted by molar-refractivity contribution is 5.76. The van der Waals surface area contributed by atoms with Crippen LogP contribution in [0.3, 0.4) is 0 Å². The van der Waals surface area contributed by atoms with Crippen molar-refractivity contribution >= 4 is 5.91 Å². The minimum atomic E-state index is -1.99. The first-order chi connectivity index (χ1) is 38.3. The first-order valence-electron chi connectivity index (χ1n) is 28.6. The molecule has 79 heavy (non-hydrogen) atoms. The van der Waals surface area contributed by atoms with Gasteiger partial charge in [-0.25, -0.2) is 0 Å². The number of unbranched alkanes of at least 4 members (excludes halogenated alkanes) is 7. The summed E-state index contributed by atoms with van der Waals surface area (Å²) in [7, 11) is 0. The smallest absolute Gasteiger partial charge is 0.220 e. The molecule has 0 aromatic carbocycles. The Morgan fingerprint density at radius 2 is 0.886 bits per heavy atom. The van der Waals surface area contributed by atoms with Gasteiger partial charge in [-0.15, -0.1) is 0 Å². The number of nitrogens with one attached hydrogen (secondary N) is 1. The normalized spacial score (nSPS) is 31.1. The Bertz CT molecular complexity index is 1870. The van der Waals surface area contributed by atoms with E-state index >= 15 is 0 Å². The van der Waals surface area contributed by atoms with Gasteiger partial charge in [-0.2, -0.15) is 0 Å². The van der Waals surface area contributed by atoms with Gasteiger partial charge in [0, 0.05) is 6.42 Å². The van der Waals surface area contributed by atoms with Gasteiger partial charge in [-0.3, -0.25) is 4.79 Å². The van der Waals surface area contributed by atoms with Crippen LogP contribution in [0.1, 0.15) is 129 Å². The maximum atomic E-state index is 13.3. The summed E-state index contributed by atoms with van der Waals surface area (Å²) in [6, 6.07) is -1.02. The van der Waals surface area contributed by atoms with Gasteiger partial charge in [0.05, 0.1) is 38.6 Å². The van der Waals surface area contributed by atoms with E-state index in [-0.39, 0.29) is 12.3 Å². The molecule has 19 heteroatoms. The molecule has 0 spiro atoms. The highest BCUT2D eigenvalue weighted by Crippen LogP contribution is 2.33. The van der Waals surface area contributed by atoms with Gasteiger partial charge in [-0.05, 0) is 89.9 Å². The Hall–Kier alpha value is -3.55. The molecule has 0 bridgehead atoms. The maximum Gasteiger partial charge on any atom is 0.220 e. The van der Waals surface area contributed by atoms with Gasteiger partial charge in [0.25, 0.3) is 0 Å². The monoisotopic (exact) mass is 1120 g/mol. The second-order valence-corrected chi connectivity index (χ2v) is 20.0. The molecule has 1 amide bonds. The summed E-state index contributed by atoms with van der Waals surface area (Å²) in [5.41, 5.74) is 0. The molecule has 3 fully saturated rings. The van der Waals surface area contributed by atoms with Crippen LogP contribution in [-0.4, -0.2) is 193 Å². The molecule has 3 heterocycles. The molecule has 0 aromatic heterocycles. The minimum Gasteiger partial charge on any atom is -0.394 e. The molecule has 17 unspecified atom stereocenters. The lowest BCUT2D eigenvalue weighted by atomic mass is 9.96. The van der Waals surface area contributed by atoms with Crippen LogP contribution in [0.4, 0.5) is 0 Å². The molecular weight excluding hydrogens is 1020 g/mol. The molecular formula is C60H97NO18. The highest BCUT2D eigenvalue weighted by Gasteiger charge is 2.53. The minimum absolute atomic E-state index is 0.194. The number of rotatable bonds is 39. The molecule has 0 aromatic rings. The molecule has 3 rings (SSSR count). The van der Waals surface area contributed by atoms with E-state index in [0.717, 1.165) is 96.3 Å². The van der Waals surface area contributed by atoms with Crippen LogP contribution in [0.15, 0.2) is 109 Å². The zero-order valence-corrected chi connectivity index (χ0v) is 46.5. The Kier molecular flexibility index (Phi) is 37.3. The third kappa shape index (κ3) is 26.5. The average molecular weight is 1120 g/mol. The fourth-order valence-electron chi connectivity index (χ4n) is 8.82. The number of hydrogen-bond donors (Lipinski definition) is 12. The first kappa shape index (κ1) is 69.7. The van der Waals surface area contributed by atoms with Crippen LogP contribution < -0.4 is 5.32 Å². The zero-order valence-electron chi connectivity index (χ0n) is 46.5. The van der Waals surface area contributed by atoms with E-state index in [4.69, 9.17) is 28.4 Å². The number of carbonyl (C=O) groups excluding carboxylic acids is 1. The van der Waals surface area contributed by atoms with E-state index in [1.165, 1.54) is 0 Å². The van der Waals surface area contributed by atoms with Crippen molar-refractivity contribution in [2.45, 2.75) is 234 Å². The van der Waals surface area contributed by atoms with Crippen molar-refractivity contribution in [3.63, 3.8) is 0 Å². The van der Waals surface area contributed by atoms with Gasteiger partial charge in [0.15, 0.2) is 18.9 Å². The molecule has 450 valence electrons. The molecule has 12 N–H and O–H groups in total. The summed E-state index contributed by atoms with van der Waals surface area (Å²) >= 11 is 0. The summed E-state index contributed by atoms with van der Waals surface area (Å²) in [6.07, 6.45) is 26.6. The van der Waals surface area contributed by atoms with Crippen molar-refractivity contribution < 1.29 is 89.4 Å². The van der Waals surface area contributed by atoms with E-state index in [1.54, 1.807) is 12.2 Å². The van der Waals surface area contributed by atoms with Crippen molar-refractivity contribution in [1.29, 1.82) is 0 Å². The van der Waals surface area contributed by atoms with Crippen LogP contribution in [0.2, 0.25) is 0 Å². The number of ether oxygens (including phenoxy) is 6. The predicted octanol–water partition coefficient (Wildman–Crippen LogP) is 4.36. The molecule has 3 aliphatic rings. The zero-order chi connectivity index (χ0) is 57.6. The summed E-state index contributed by atoms with van der Waals surface area (Å²) in [6.45, 7) is 1.43. The Morgan fingerprint density at radius 3 is 1.39 bits per heavy atom. The quantitative estimate of drug-likeness (QED) is 0.0301. The van der Waals surface area contributed by atoms with E-state index in [0.29, 0.717) is 12.8 Å². The lowest BCUT2D eigenvalue weighted by Crippen LogP contribution is -2.66. The predicted molar refractivity (Wildman–Crippen MR) is 300 cm³/mol. The molecule has 0 saturated carbocycles. The Balaban J connectivity index is 1.51. The lowest BCUT2D eigenvalue weighted by molar-refractivity contribution is -0.379. The molecule has 0 radical (unpaired) electrons. The third-order valence-corrected chi connectivity index (χ3v) is 13.5. The van der Waals surface area contributed by atoms with Crippen LogP contribution in [0, 0.1) is 0 Å². The average Bonchev–Trinajstić information content (AvgIpc) is 3.49. The van der Waals surface area contributed by atoms with Crippen LogP contribution in [0.5, 0.6) is 0 Å². The molecule has 0 aliphatic carbocycles. The van der Waals surface area contributed by atoms with Crippen LogP contribution in [0.25, 0.3) is 0 Å². The van der Waals surface area contributed by atoms with Crippen molar-refractivity contribution in [3.05, 3.63) is 109 Å². The largest absolute Gasteiger partial charge is 0.394 e. The second-order valence-electron chi connectivity index (χ2n) is 20.0. The lowest BCUT2D eigenvalue weighted by Gasteiger charge is -2.48. The van der Waals surface area contributed by atoms with Crippen LogP contribution >= 0.6 is 0 Å². The Morgan fingerprint density at radius 1 is 0.468 bits per heavy atom. The molecule has 3 aliphatic heterocycles. The number of aliphatic hydroxyl groups excluding tert-OH is 11. The van der Waals surface area contributed by atoms with E-state index in [2.05, 4.69) is 116 Å². The number of aliphatic hydroxyl groups is 11. The third-order valence-electron chi connectivity index (χ3n) is 13.5. The van der Waals surface area contributed by atoms with Gasteiger partial charge in [0.1, 0.15) is 73.2 Å². The number of amides is 1. The van der Waals surface area contributed by atoms with Crippen molar-refractivity contribution in [2.24, 2.45) is 0 Å². The van der Waals surface area contributed by atoms with Gasteiger partial charge >= 0.3 is 0 Å². The number of hydrogen-bond acceptors (Lipinski definition) is 18. The van der Waals surface area contributed by atoms with Gasteiger partial charge < -0.3 is 89.9 Å². The maximum absolute atomic E-state index is 13.3. The summed E-state index contributed by atoms with van der Waals surface area (Å²) < 4.78 is 34.1. The van der Waals surface area contributed by atoms with Gasteiger partial charge in [0.2, 0.25) is 5.91 Å². The SMILES string of the molecule is CC/C=C\C/C=C\C/C=C\C/C=C\C/C=C\C/C=C\CCCCCCC(=O)NC(COC1OC(CO)C(OC2OC(CO)C(OC3OC(CO)C(O)C(O)C3O)C(O)C2O)C(O)C1O)C(O)/C=C/CC/C=C/CC/C=C/CCC. The summed E-state index contributed by atoms with van der Waals surface area (Å²) in [5.74, 6) is -0.323. The van der Waals surface area contributed by atoms with E-state index in [9.17, 15) is 61.0 Å². The van der Waals surface area contributed by atoms with Crippen molar-refractivity contribution in [2.75, 3.05) is 26.4 Å². The number of allylic oxidation sites excluding steroid dienone is 17. The molecule has 19 nitrogen and oxygen atoms in total. The first-order valence-corrected chi connectivity index (χ1v) is 28.6. The standard InChI is InChI=1S/C60H97NO18/c1-3-5-7-9-11-13-15-16-17-18-19-20-21-22-23-24-25-26-28-30-32-34-36-38-48(66)61-43(44(65)37-35-33-31-29-27-14-12-10-8-6-4-2)42-74-58-54(72)51(69)56(46(40-63)76-58)79-60-55(73)52(70)57(47(41-64)77-60)78-59-53(71)50(68)49(67)45(39-62)75-59/h5,7-8,10-11,13,16-17,19-20,22-23,25-27,29,35,37,43-47,49-60,62-65,67-73H,3-4,6,9,12,14-15,18,21,24,28,30-34,36,38-42H2,1-2H3,(H,61,66)/b7-5-,10-8+,13-11-,17-16-,20-19-,23-22-,26-25-,29-27+,37-35+. The van der Waals surface area contributed by atoms with Crippen molar-refractivity contribution in [1.82, 2.24) is 5.32 Å². The fraction of sp³-hybridized carbons (Fsp3) is 0.683. The van der Waals surface area contributed by atoms with E-state index < -0.39 is 131 Å². The van der Waals surface area contributed by atoms with Crippen LogP contribution in [-0.2, 0) is 33.2 Å². The van der Waals surface area contributed by atoms with Crippen molar-refractivity contribution in [3.8, 4) is 0 Å². The van der Waals surface area contributed by atoms with Gasteiger partial charge in [-0.1, -0.05) is 142 Å². The number of carbonyl (C=O) groups is 1. The molecule has 3 saturated heterocycles. The summed E-state index contributed by atoms with van der Waals surface area (Å²) in [5, 5.41) is 120. The highest BCUT2D eigenvalue weighted by atomic mass is 16.8. The fourth-order valence-corrected chi connectivity index (χ4v) is 8.82.